The summed E-state index contributed by atoms with van der Waals surface area (Å²) in [4.78, 5) is 7.10. The Labute approximate surface area is 113 Å². The van der Waals surface area contributed by atoms with Gasteiger partial charge in [-0.15, -0.1) is 11.3 Å². The Hall–Kier alpha value is -1.13. The summed E-state index contributed by atoms with van der Waals surface area (Å²) in [6.45, 7) is 8.42. The summed E-state index contributed by atoms with van der Waals surface area (Å²) in [6, 6.07) is 4.89. The second-order valence-corrected chi connectivity index (χ2v) is 6.01. The van der Waals surface area contributed by atoms with Crippen molar-refractivity contribution in [1.29, 1.82) is 0 Å². The maximum absolute atomic E-state index is 4.27. The molecule has 0 radical (unpaired) electrons. The molecule has 0 spiro atoms. The van der Waals surface area contributed by atoms with Gasteiger partial charge in [-0.25, -0.2) is 4.98 Å². The SMILES string of the molecule is CCNCc1cncn1C(C)Cc1ccc(C)s1. The zero-order valence-corrected chi connectivity index (χ0v) is 12.1. The lowest BCUT2D eigenvalue weighted by Gasteiger charge is -2.16. The third-order valence-corrected chi connectivity index (χ3v) is 4.09. The first-order valence-corrected chi connectivity index (χ1v) is 7.29. The van der Waals surface area contributed by atoms with E-state index in [2.05, 4.69) is 47.8 Å². The van der Waals surface area contributed by atoms with Gasteiger partial charge in [0.05, 0.1) is 12.0 Å². The maximum Gasteiger partial charge on any atom is 0.0951 e. The van der Waals surface area contributed by atoms with Crippen molar-refractivity contribution in [2.45, 2.75) is 39.8 Å². The third-order valence-electron chi connectivity index (χ3n) is 3.07. The normalized spacial score (nSPS) is 12.8. The quantitative estimate of drug-likeness (QED) is 0.867. The standard InChI is InChI=1S/C14H21N3S/c1-4-15-8-13-9-16-10-17(13)11(2)7-14-6-5-12(3)18-14/h5-6,9-11,15H,4,7-8H2,1-3H3. The number of nitrogens with zero attached hydrogens (tertiary/aromatic N) is 2. The molecular weight excluding hydrogens is 242 g/mol. The smallest absolute Gasteiger partial charge is 0.0951 e. The largest absolute Gasteiger partial charge is 0.330 e. The summed E-state index contributed by atoms with van der Waals surface area (Å²) >= 11 is 1.89. The second kappa shape index (κ2) is 6.16. The average molecular weight is 263 g/mol. The van der Waals surface area contributed by atoms with E-state index in [1.807, 2.05) is 23.9 Å². The Morgan fingerprint density at radius 3 is 2.94 bits per heavy atom. The van der Waals surface area contributed by atoms with E-state index in [4.69, 9.17) is 0 Å². The van der Waals surface area contributed by atoms with Gasteiger partial charge < -0.3 is 9.88 Å². The number of hydrogen-bond acceptors (Lipinski definition) is 3. The first-order chi connectivity index (χ1) is 8.70. The van der Waals surface area contributed by atoms with Crippen LogP contribution in [0, 0.1) is 6.92 Å². The van der Waals surface area contributed by atoms with Crippen LogP contribution in [-0.2, 0) is 13.0 Å². The molecule has 0 aromatic carbocycles. The van der Waals surface area contributed by atoms with Crippen LogP contribution in [0.4, 0.5) is 0 Å². The van der Waals surface area contributed by atoms with Gasteiger partial charge in [0.15, 0.2) is 0 Å². The molecule has 2 rings (SSSR count). The van der Waals surface area contributed by atoms with Crippen LogP contribution >= 0.6 is 11.3 Å². The molecule has 98 valence electrons. The molecule has 2 aromatic heterocycles. The zero-order valence-electron chi connectivity index (χ0n) is 11.3. The van der Waals surface area contributed by atoms with E-state index in [1.165, 1.54) is 15.4 Å². The van der Waals surface area contributed by atoms with Gasteiger partial charge in [0.1, 0.15) is 0 Å². The lowest BCUT2D eigenvalue weighted by atomic mass is 10.2. The van der Waals surface area contributed by atoms with Crippen molar-refractivity contribution in [2.75, 3.05) is 6.54 Å². The Bertz CT molecular complexity index is 487. The fraction of sp³-hybridized carbons (Fsp3) is 0.500. The third kappa shape index (κ3) is 3.21. The van der Waals surface area contributed by atoms with Gasteiger partial charge in [-0.1, -0.05) is 6.92 Å². The summed E-state index contributed by atoms with van der Waals surface area (Å²) in [6.07, 6.45) is 4.98. The van der Waals surface area contributed by atoms with Crippen LogP contribution in [-0.4, -0.2) is 16.1 Å². The van der Waals surface area contributed by atoms with Crippen molar-refractivity contribution in [3.8, 4) is 0 Å². The number of rotatable bonds is 6. The van der Waals surface area contributed by atoms with Gasteiger partial charge >= 0.3 is 0 Å². The van der Waals surface area contributed by atoms with E-state index in [-0.39, 0.29) is 0 Å². The van der Waals surface area contributed by atoms with Crippen LogP contribution in [0.2, 0.25) is 0 Å². The van der Waals surface area contributed by atoms with Gasteiger partial charge in [-0.3, -0.25) is 0 Å². The van der Waals surface area contributed by atoms with Crippen LogP contribution in [0.1, 0.15) is 35.3 Å². The average Bonchev–Trinajstić information content (AvgIpc) is 2.95. The summed E-state index contributed by atoms with van der Waals surface area (Å²) < 4.78 is 2.28. The van der Waals surface area contributed by atoms with E-state index in [0.717, 1.165) is 19.5 Å². The molecule has 0 saturated carbocycles. The molecule has 1 unspecified atom stereocenters. The molecule has 1 atom stereocenters. The summed E-state index contributed by atoms with van der Waals surface area (Å²) in [5.41, 5.74) is 1.26. The number of aromatic nitrogens is 2. The highest BCUT2D eigenvalue weighted by Gasteiger charge is 2.10. The Balaban J connectivity index is 2.04. The fourth-order valence-corrected chi connectivity index (χ4v) is 3.11. The molecule has 2 heterocycles. The molecule has 0 aliphatic heterocycles. The number of imidazole rings is 1. The van der Waals surface area contributed by atoms with Crippen molar-refractivity contribution in [3.63, 3.8) is 0 Å². The predicted octanol–water partition coefficient (Wildman–Crippen LogP) is 3.17. The number of thiophene rings is 1. The van der Waals surface area contributed by atoms with Crippen LogP contribution in [0.15, 0.2) is 24.7 Å². The highest BCUT2D eigenvalue weighted by molar-refractivity contribution is 7.11. The minimum atomic E-state index is 0.458. The highest BCUT2D eigenvalue weighted by atomic mass is 32.1. The maximum atomic E-state index is 4.27. The molecule has 4 heteroatoms. The van der Waals surface area contributed by atoms with E-state index in [0.29, 0.717) is 6.04 Å². The molecule has 1 N–H and O–H groups in total. The van der Waals surface area contributed by atoms with E-state index >= 15 is 0 Å². The molecule has 3 nitrogen and oxygen atoms in total. The van der Waals surface area contributed by atoms with Crippen molar-refractivity contribution in [1.82, 2.24) is 14.9 Å². The Kier molecular flexibility index (Phi) is 4.55. The lowest BCUT2D eigenvalue weighted by molar-refractivity contribution is 0.516. The molecule has 2 aromatic rings. The minimum Gasteiger partial charge on any atom is -0.330 e. The van der Waals surface area contributed by atoms with E-state index < -0.39 is 0 Å². The monoisotopic (exact) mass is 263 g/mol. The van der Waals surface area contributed by atoms with Gasteiger partial charge in [0.2, 0.25) is 0 Å². The summed E-state index contributed by atoms with van der Waals surface area (Å²) in [7, 11) is 0. The van der Waals surface area contributed by atoms with E-state index in [9.17, 15) is 0 Å². The molecule has 0 aliphatic carbocycles. The van der Waals surface area contributed by atoms with Crippen LogP contribution < -0.4 is 5.32 Å². The van der Waals surface area contributed by atoms with E-state index in [1.54, 1.807) is 0 Å². The Morgan fingerprint density at radius 1 is 1.44 bits per heavy atom. The summed E-state index contributed by atoms with van der Waals surface area (Å²) in [5, 5.41) is 3.36. The highest BCUT2D eigenvalue weighted by Crippen LogP contribution is 2.22. The second-order valence-electron chi connectivity index (χ2n) is 4.64. The van der Waals surface area contributed by atoms with Gasteiger partial charge in [0.25, 0.3) is 0 Å². The van der Waals surface area contributed by atoms with Crippen molar-refractivity contribution < 1.29 is 0 Å². The molecule has 0 saturated heterocycles. The number of nitrogens with one attached hydrogen (secondary N) is 1. The molecule has 0 amide bonds. The molecular formula is C14H21N3S. The van der Waals surface area contributed by atoms with Gasteiger partial charge in [-0.2, -0.15) is 0 Å². The topological polar surface area (TPSA) is 29.9 Å². The minimum absolute atomic E-state index is 0.458. The molecule has 0 bridgehead atoms. The first-order valence-electron chi connectivity index (χ1n) is 6.47. The molecule has 18 heavy (non-hydrogen) atoms. The molecule has 0 aliphatic rings. The Morgan fingerprint density at radius 2 is 2.28 bits per heavy atom. The predicted molar refractivity (Wildman–Crippen MR) is 77.1 cm³/mol. The van der Waals surface area contributed by atoms with Crippen molar-refractivity contribution in [2.24, 2.45) is 0 Å². The van der Waals surface area contributed by atoms with Crippen molar-refractivity contribution in [3.05, 3.63) is 40.1 Å². The van der Waals surface area contributed by atoms with Crippen molar-refractivity contribution >= 4 is 11.3 Å². The zero-order chi connectivity index (χ0) is 13.0. The van der Waals surface area contributed by atoms with Crippen LogP contribution in [0.5, 0.6) is 0 Å². The molecule has 0 fully saturated rings. The van der Waals surface area contributed by atoms with Gasteiger partial charge in [0, 0.05) is 35.0 Å². The first kappa shape index (κ1) is 13.3. The summed E-state index contributed by atoms with van der Waals surface area (Å²) in [5.74, 6) is 0. The van der Waals surface area contributed by atoms with Gasteiger partial charge in [-0.05, 0) is 32.5 Å². The lowest BCUT2D eigenvalue weighted by Crippen LogP contribution is -2.17. The fourth-order valence-electron chi connectivity index (χ4n) is 2.10. The van der Waals surface area contributed by atoms with Crippen LogP contribution in [0.25, 0.3) is 0 Å². The number of aryl methyl sites for hydroxylation is 1. The number of hydrogen-bond donors (Lipinski definition) is 1. The van der Waals surface area contributed by atoms with Crippen LogP contribution in [0.3, 0.4) is 0 Å².